The summed E-state index contributed by atoms with van der Waals surface area (Å²) in [5, 5.41) is 12.4. The van der Waals surface area contributed by atoms with Crippen molar-refractivity contribution < 1.29 is 19.4 Å². The van der Waals surface area contributed by atoms with Crippen molar-refractivity contribution in [2.75, 3.05) is 0 Å². The van der Waals surface area contributed by atoms with Crippen molar-refractivity contribution in [1.82, 2.24) is 5.32 Å². The van der Waals surface area contributed by atoms with Crippen LogP contribution in [0.4, 0.5) is 4.79 Å². The minimum Gasteiger partial charge on any atom is -0.478 e. The first-order chi connectivity index (χ1) is 15.8. The van der Waals surface area contributed by atoms with Gasteiger partial charge in [0.15, 0.2) is 0 Å². The zero-order valence-electron chi connectivity index (χ0n) is 18.1. The van der Waals surface area contributed by atoms with Gasteiger partial charge in [0.2, 0.25) is 0 Å². The van der Waals surface area contributed by atoms with Crippen molar-refractivity contribution in [2.45, 2.75) is 42.7 Å². The van der Waals surface area contributed by atoms with Crippen molar-refractivity contribution in [3.63, 3.8) is 0 Å². The average Bonchev–Trinajstić information content (AvgIpc) is 2.80. The van der Waals surface area contributed by atoms with E-state index in [2.05, 4.69) is 31.3 Å². The Balaban J connectivity index is 1.61. The maximum Gasteiger partial charge on any atom is 0.407 e. The van der Waals surface area contributed by atoms with Gasteiger partial charge in [-0.3, -0.25) is 0 Å². The number of carboxylic acid groups (broad SMARTS) is 1. The van der Waals surface area contributed by atoms with Crippen LogP contribution in [0.5, 0.6) is 0 Å². The van der Waals surface area contributed by atoms with Crippen LogP contribution in [0.2, 0.25) is 10.0 Å². The molecule has 0 saturated carbocycles. The quantitative estimate of drug-likeness (QED) is 0.335. The third kappa shape index (κ3) is 6.67. The number of aromatic carboxylic acids is 1. The van der Waals surface area contributed by atoms with Crippen LogP contribution in [0.3, 0.4) is 0 Å². The Morgan fingerprint density at radius 1 is 1.00 bits per heavy atom. The van der Waals surface area contributed by atoms with E-state index < -0.39 is 12.1 Å². The number of alkyl carbamates (subject to hydrolysis) is 1. The summed E-state index contributed by atoms with van der Waals surface area (Å²) < 4.78 is 5.26. The van der Waals surface area contributed by atoms with Crippen LogP contribution in [0, 0.1) is 0 Å². The zero-order valence-corrected chi connectivity index (χ0v) is 20.4. The van der Waals surface area contributed by atoms with Gasteiger partial charge in [-0.15, -0.1) is 0 Å². The molecule has 0 unspecified atom stereocenters. The first-order valence-corrected chi connectivity index (χ1v) is 11.8. The highest BCUT2D eigenvalue weighted by Gasteiger charge is 2.15. The molecule has 0 aliphatic carbocycles. The summed E-state index contributed by atoms with van der Waals surface area (Å²) in [6.07, 6.45) is -0.646. The van der Waals surface area contributed by atoms with Gasteiger partial charge >= 0.3 is 12.1 Å². The molecule has 0 aliphatic rings. The number of carbonyl (C=O) groups is 2. The minimum absolute atomic E-state index is 0.0485. The lowest BCUT2D eigenvalue weighted by Crippen LogP contribution is -2.23. The molecule has 0 aromatic heterocycles. The van der Waals surface area contributed by atoms with Gasteiger partial charge in [-0.25, -0.2) is 9.59 Å². The molecular weight excluding hydrogens is 481 g/mol. The molecule has 33 heavy (non-hydrogen) atoms. The molecule has 0 radical (unpaired) electrons. The molecule has 5 nitrogen and oxygen atoms in total. The molecule has 0 atom stereocenters. The van der Waals surface area contributed by atoms with Gasteiger partial charge in [0.05, 0.1) is 15.6 Å². The molecule has 0 heterocycles. The molecule has 0 fully saturated rings. The van der Waals surface area contributed by atoms with Crippen LogP contribution >= 0.6 is 35.0 Å². The summed E-state index contributed by atoms with van der Waals surface area (Å²) in [4.78, 5) is 25.1. The van der Waals surface area contributed by atoms with Crippen LogP contribution in [-0.4, -0.2) is 17.2 Å². The van der Waals surface area contributed by atoms with E-state index in [1.807, 2.05) is 18.2 Å². The molecule has 172 valence electrons. The Morgan fingerprint density at radius 3 is 2.48 bits per heavy atom. The number of carboxylic acids is 1. The highest BCUT2D eigenvalue weighted by molar-refractivity contribution is 7.99. The summed E-state index contributed by atoms with van der Waals surface area (Å²) in [5.41, 5.74) is 2.62. The van der Waals surface area contributed by atoms with Gasteiger partial charge in [0, 0.05) is 21.9 Å². The fourth-order valence-corrected chi connectivity index (χ4v) is 4.82. The first-order valence-electron chi connectivity index (χ1n) is 10.2. The lowest BCUT2D eigenvalue weighted by molar-refractivity contribution is 0.0696. The van der Waals surface area contributed by atoms with E-state index >= 15 is 0 Å². The average molecular weight is 504 g/mol. The zero-order chi connectivity index (χ0) is 24.0. The number of benzene rings is 3. The highest BCUT2D eigenvalue weighted by Crippen LogP contribution is 2.41. The minimum atomic E-state index is -1.03. The molecule has 3 aromatic rings. The van der Waals surface area contributed by atoms with Gasteiger partial charge in [-0.1, -0.05) is 85.2 Å². The maximum atomic E-state index is 12.1. The number of hydrogen-bond acceptors (Lipinski definition) is 4. The van der Waals surface area contributed by atoms with Crippen molar-refractivity contribution in [3.8, 4) is 0 Å². The summed E-state index contributed by atoms with van der Waals surface area (Å²) in [6, 6.07) is 18.1. The smallest absolute Gasteiger partial charge is 0.407 e. The second-order valence-corrected chi connectivity index (χ2v) is 9.42. The van der Waals surface area contributed by atoms with Crippen molar-refractivity contribution >= 4 is 47.0 Å². The van der Waals surface area contributed by atoms with Crippen molar-refractivity contribution in [2.24, 2.45) is 0 Å². The van der Waals surface area contributed by atoms with E-state index in [0.29, 0.717) is 27.1 Å². The number of hydrogen-bond donors (Lipinski definition) is 2. The van der Waals surface area contributed by atoms with E-state index in [1.165, 1.54) is 17.7 Å². The molecule has 3 rings (SSSR count). The molecule has 3 aromatic carbocycles. The molecule has 0 spiro atoms. The lowest BCUT2D eigenvalue weighted by atomic mass is 10.0. The Labute approximate surface area is 207 Å². The largest absolute Gasteiger partial charge is 0.478 e. The Kier molecular flexibility index (Phi) is 8.67. The van der Waals surface area contributed by atoms with Gasteiger partial charge < -0.3 is 15.2 Å². The molecule has 8 heteroatoms. The maximum absolute atomic E-state index is 12.1. The fourth-order valence-electron chi connectivity index (χ4n) is 3.11. The van der Waals surface area contributed by atoms with Crippen LogP contribution in [-0.2, 0) is 17.9 Å². The van der Waals surface area contributed by atoms with E-state index in [1.54, 1.807) is 30.0 Å². The van der Waals surface area contributed by atoms with E-state index in [-0.39, 0.29) is 18.7 Å². The summed E-state index contributed by atoms with van der Waals surface area (Å²) in [5.74, 6) is -0.652. The number of rotatable bonds is 8. The van der Waals surface area contributed by atoms with E-state index in [9.17, 15) is 9.59 Å². The first kappa shape index (κ1) is 25.0. The number of carbonyl (C=O) groups excluding carboxylic acids is 1. The predicted octanol–water partition coefficient (Wildman–Crippen LogP) is 7.39. The lowest BCUT2D eigenvalue weighted by Gasteiger charge is -2.14. The predicted molar refractivity (Wildman–Crippen MR) is 132 cm³/mol. The second-order valence-electron chi connectivity index (χ2n) is 7.58. The number of halogens is 2. The molecule has 2 N–H and O–H groups in total. The Bertz CT molecular complexity index is 1170. The Hall–Kier alpha value is -2.67. The Morgan fingerprint density at radius 2 is 1.76 bits per heavy atom. The highest BCUT2D eigenvalue weighted by atomic mass is 35.5. The number of ether oxygens (including phenoxy) is 1. The van der Waals surface area contributed by atoms with Crippen LogP contribution in [0.1, 0.15) is 46.8 Å². The van der Waals surface area contributed by atoms with E-state index in [4.69, 9.17) is 33.0 Å². The molecule has 0 saturated heterocycles. The van der Waals surface area contributed by atoms with Crippen molar-refractivity contribution in [3.05, 3.63) is 93.0 Å². The fraction of sp³-hybridized carbons (Fsp3) is 0.200. The van der Waals surface area contributed by atoms with Gasteiger partial charge in [0.1, 0.15) is 6.61 Å². The summed E-state index contributed by atoms with van der Waals surface area (Å²) >= 11 is 14.5. The normalized spacial score (nSPS) is 10.8. The standard InChI is InChI=1S/C25H23Cl2NO4S/c1-15(2)19-8-3-4-9-20(19)33-21-11-10-18(22(26)23(21)27)14-32-25(31)28-13-16-6-5-7-17(12-16)24(29)30/h3-12,15H,13-14H2,1-2H3,(H,28,31)(H,29,30). The van der Waals surface area contributed by atoms with Crippen LogP contribution in [0.25, 0.3) is 0 Å². The summed E-state index contributed by atoms with van der Waals surface area (Å²) in [6.45, 7) is 4.37. The van der Waals surface area contributed by atoms with Gasteiger partial charge in [0.25, 0.3) is 0 Å². The van der Waals surface area contributed by atoms with Crippen molar-refractivity contribution in [1.29, 1.82) is 0 Å². The van der Waals surface area contributed by atoms with E-state index in [0.717, 1.165) is 9.79 Å². The number of nitrogens with one attached hydrogen (secondary N) is 1. The molecular formula is C25H23Cl2NO4S. The van der Waals surface area contributed by atoms with Crippen LogP contribution < -0.4 is 5.32 Å². The third-order valence-corrected chi connectivity index (χ3v) is 7.04. The second kappa shape index (κ2) is 11.5. The van der Waals surface area contributed by atoms with Crippen LogP contribution in [0.15, 0.2) is 70.5 Å². The summed E-state index contributed by atoms with van der Waals surface area (Å²) in [7, 11) is 0. The SMILES string of the molecule is CC(C)c1ccccc1Sc1ccc(COC(=O)NCc2cccc(C(=O)O)c2)c(Cl)c1Cl. The third-order valence-electron chi connectivity index (χ3n) is 4.86. The topological polar surface area (TPSA) is 75.6 Å². The monoisotopic (exact) mass is 503 g/mol. The molecule has 1 amide bonds. The molecule has 0 aliphatic heterocycles. The van der Waals surface area contributed by atoms with Gasteiger partial charge in [-0.2, -0.15) is 0 Å². The molecule has 0 bridgehead atoms. The van der Waals surface area contributed by atoms with Gasteiger partial charge in [-0.05, 0) is 41.3 Å². The number of amides is 1.